The molecular formula is C22H25N3O4S2. The number of sulfonamides is 1. The molecular weight excluding hydrogens is 434 g/mol. The number of anilines is 1. The van der Waals surface area contributed by atoms with E-state index < -0.39 is 10.0 Å². The van der Waals surface area contributed by atoms with E-state index in [1.807, 2.05) is 19.9 Å². The molecule has 2 aromatic heterocycles. The van der Waals surface area contributed by atoms with Crippen LogP contribution in [-0.2, 0) is 14.8 Å². The Morgan fingerprint density at radius 2 is 1.81 bits per heavy atom. The second-order valence-electron chi connectivity index (χ2n) is 7.46. The first kappa shape index (κ1) is 21.7. The SMILES string of the molecule is CCOC(=O)c1sc2nc(N3CCN(S(=O)(=O)c4ccccc4)CC3)cc(C)c2c1C. The number of rotatable bonds is 5. The van der Waals surface area contributed by atoms with E-state index in [-0.39, 0.29) is 5.97 Å². The summed E-state index contributed by atoms with van der Waals surface area (Å²) < 4.78 is 32.4. The van der Waals surface area contributed by atoms with Gasteiger partial charge in [0, 0.05) is 31.6 Å². The van der Waals surface area contributed by atoms with Gasteiger partial charge in [-0.3, -0.25) is 0 Å². The van der Waals surface area contributed by atoms with Gasteiger partial charge in [-0.1, -0.05) is 18.2 Å². The maximum atomic E-state index is 12.9. The zero-order valence-electron chi connectivity index (χ0n) is 17.8. The number of ether oxygens (including phenoxy) is 1. The van der Waals surface area contributed by atoms with Gasteiger partial charge in [-0.15, -0.1) is 11.3 Å². The molecule has 0 radical (unpaired) electrons. The highest BCUT2D eigenvalue weighted by Crippen LogP contribution is 2.34. The fourth-order valence-corrected chi connectivity index (χ4v) is 6.49. The van der Waals surface area contributed by atoms with Gasteiger partial charge in [-0.25, -0.2) is 18.2 Å². The van der Waals surface area contributed by atoms with Crippen molar-refractivity contribution in [3.8, 4) is 0 Å². The molecule has 0 bridgehead atoms. The molecule has 0 amide bonds. The van der Waals surface area contributed by atoms with Crippen molar-refractivity contribution in [2.24, 2.45) is 0 Å². The summed E-state index contributed by atoms with van der Waals surface area (Å²) in [6, 6.07) is 10.5. The largest absolute Gasteiger partial charge is 0.462 e. The molecule has 7 nitrogen and oxygen atoms in total. The standard InChI is InChI=1S/C22H25N3O4S2/c1-4-29-22(26)20-16(3)19-15(2)14-18(23-21(19)30-20)24-10-12-25(13-11-24)31(27,28)17-8-6-5-7-9-17/h5-9,14H,4,10-13H2,1-3H3. The molecule has 31 heavy (non-hydrogen) atoms. The second-order valence-corrected chi connectivity index (χ2v) is 10.4. The molecule has 1 saturated heterocycles. The van der Waals surface area contributed by atoms with Crippen LogP contribution in [-0.4, -0.2) is 56.5 Å². The molecule has 3 heterocycles. The van der Waals surface area contributed by atoms with Gasteiger partial charge in [-0.2, -0.15) is 4.31 Å². The zero-order valence-corrected chi connectivity index (χ0v) is 19.4. The highest BCUT2D eigenvalue weighted by atomic mass is 32.2. The molecule has 1 fully saturated rings. The molecule has 0 unspecified atom stereocenters. The van der Waals surface area contributed by atoms with Crippen LogP contribution in [0.5, 0.6) is 0 Å². The number of carbonyl (C=O) groups is 1. The van der Waals surface area contributed by atoms with Gasteiger partial charge in [0.15, 0.2) is 0 Å². The van der Waals surface area contributed by atoms with Crippen LogP contribution in [0.15, 0.2) is 41.3 Å². The van der Waals surface area contributed by atoms with Crippen LogP contribution in [0.25, 0.3) is 10.2 Å². The average Bonchev–Trinajstić information content (AvgIpc) is 3.11. The molecule has 164 valence electrons. The number of piperazine rings is 1. The lowest BCUT2D eigenvalue weighted by molar-refractivity contribution is 0.0531. The third kappa shape index (κ3) is 4.05. The van der Waals surface area contributed by atoms with Crippen molar-refractivity contribution in [2.75, 3.05) is 37.7 Å². The number of hydrogen-bond acceptors (Lipinski definition) is 7. The minimum Gasteiger partial charge on any atom is -0.462 e. The van der Waals surface area contributed by atoms with E-state index >= 15 is 0 Å². The summed E-state index contributed by atoms with van der Waals surface area (Å²) in [7, 11) is -3.49. The molecule has 4 rings (SSSR count). The molecule has 0 saturated carbocycles. The molecule has 9 heteroatoms. The fourth-order valence-electron chi connectivity index (χ4n) is 3.90. The summed E-state index contributed by atoms with van der Waals surface area (Å²) >= 11 is 1.35. The minimum absolute atomic E-state index is 0.316. The Hall–Kier alpha value is -2.49. The van der Waals surface area contributed by atoms with Gasteiger partial charge in [-0.05, 0) is 50.1 Å². The van der Waals surface area contributed by atoms with E-state index in [4.69, 9.17) is 9.72 Å². The quantitative estimate of drug-likeness (QED) is 0.543. The van der Waals surface area contributed by atoms with Crippen LogP contribution in [0.1, 0.15) is 27.7 Å². The molecule has 0 aliphatic carbocycles. The van der Waals surface area contributed by atoms with Gasteiger partial charge in [0.25, 0.3) is 0 Å². The highest BCUT2D eigenvalue weighted by molar-refractivity contribution is 7.89. The molecule has 1 aliphatic heterocycles. The number of pyridine rings is 1. The summed E-state index contributed by atoms with van der Waals surface area (Å²) in [4.78, 5) is 20.9. The molecule has 1 aromatic carbocycles. The highest BCUT2D eigenvalue weighted by Gasteiger charge is 2.29. The van der Waals surface area contributed by atoms with Crippen molar-refractivity contribution in [1.82, 2.24) is 9.29 Å². The van der Waals surface area contributed by atoms with E-state index in [0.717, 1.165) is 27.2 Å². The number of hydrogen-bond donors (Lipinski definition) is 0. The number of esters is 1. The fraction of sp³-hybridized carbons (Fsp3) is 0.364. The molecule has 1 aliphatic rings. The first-order valence-electron chi connectivity index (χ1n) is 10.2. The zero-order chi connectivity index (χ0) is 22.2. The van der Waals surface area contributed by atoms with Crippen LogP contribution in [0.3, 0.4) is 0 Å². The van der Waals surface area contributed by atoms with Crippen LogP contribution in [0, 0.1) is 13.8 Å². The Morgan fingerprint density at radius 3 is 2.45 bits per heavy atom. The van der Waals surface area contributed by atoms with E-state index in [2.05, 4.69) is 4.90 Å². The number of fused-ring (bicyclic) bond motifs is 1. The van der Waals surface area contributed by atoms with Crippen LogP contribution in [0.2, 0.25) is 0 Å². The van der Waals surface area contributed by atoms with E-state index in [9.17, 15) is 13.2 Å². The smallest absolute Gasteiger partial charge is 0.348 e. The van der Waals surface area contributed by atoms with Crippen molar-refractivity contribution in [3.63, 3.8) is 0 Å². The number of benzene rings is 1. The Morgan fingerprint density at radius 1 is 1.13 bits per heavy atom. The normalized spacial score (nSPS) is 15.4. The van der Waals surface area contributed by atoms with Gasteiger partial charge >= 0.3 is 5.97 Å². The predicted molar refractivity (Wildman–Crippen MR) is 122 cm³/mol. The van der Waals surface area contributed by atoms with Crippen molar-refractivity contribution >= 4 is 43.4 Å². The first-order chi connectivity index (χ1) is 14.8. The minimum atomic E-state index is -3.49. The predicted octanol–water partition coefficient (Wildman–Crippen LogP) is 3.60. The summed E-state index contributed by atoms with van der Waals surface area (Å²) in [5, 5.41) is 0.988. The van der Waals surface area contributed by atoms with Crippen LogP contribution in [0.4, 0.5) is 5.82 Å². The van der Waals surface area contributed by atoms with Gasteiger partial charge < -0.3 is 9.64 Å². The summed E-state index contributed by atoms with van der Waals surface area (Å²) in [6.07, 6.45) is 0. The van der Waals surface area contributed by atoms with Crippen molar-refractivity contribution in [2.45, 2.75) is 25.7 Å². The van der Waals surface area contributed by atoms with E-state index in [1.54, 1.807) is 37.3 Å². The summed E-state index contributed by atoms with van der Waals surface area (Å²) in [6.45, 7) is 7.96. The topological polar surface area (TPSA) is 79.8 Å². The van der Waals surface area contributed by atoms with Crippen LogP contribution >= 0.6 is 11.3 Å². The molecule has 0 N–H and O–H groups in total. The second kappa shape index (κ2) is 8.57. The number of carbonyl (C=O) groups excluding carboxylic acids is 1. The number of aryl methyl sites for hydroxylation is 2. The van der Waals surface area contributed by atoms with Gasteiger partial charge in [0.2, 0.25) is 10.0 Å². The Labute approximate surface area is 186 Å². The van der Waals surface area contributed by atoms with Gasteiger partial charge in [0.05, 0.1) is 11.5 Å². The third-order valence-corrected chi connectivity index (χ3v) is 8.57. The van der Waals surface area contributed by atoms with E-state index in [1.165, 1.54) is 15.6 Å². The molecule has 3 aromatic rings. The monoisotopic (exact) mass is 459 g/mol. The third-order valence-electron chi connectivity index (χ3n) is 5.49. The lowest BCUT2D eigenvalue weighted by Gasteiger charge is -2.34. The maximum absolute atomic E-state index is 12.9. The Bertz CT molecular complexity index is 1210. The van der Waals surface area contributed by atoms with Crippen molar-refractivity contribution < 1.29 is 17.9 Å². The Kier molecular flexibility index (Phi) is 6.00. The van der Waals surface area contributed by atoms with Crippen LogP contribution < -0.4 is 4.90 Å². The van der Waals surface area contributed by atoms with Crippen molar-refractivity contribution in [3.05, 3.63) is 52.4 Å². The summed E-state index contributed by atoms with van der Waals surface area (Å²) in [5.74, 6) is 0.488. The lowest BCUT2D eigenvalue weighted by Crippen LogP contribution is -2.48. The van der Waals surface area contributed by atoms with E-state index in [0.29, 0.717) is 42.6 Å². The number of nitrogens with zero attached hydrogens (tertiary/aromatic N) is 3. The number of thiophene rings is 1. The molecule has 0 atom stereocenters. The number of aromatic nitrogens is 1. The van der Waals surface area contributed by atoms with Gasteiger partial charge in [0.1, 0.15) is 15.5 Å². The lowest BCUT2D eigenvalue weighted by atomic mass is 10.1. The average molecular weight is 460 g/mol. The Balaban J connectivity index is 1.56. The summed E-state index contributed by atoms with van der Waals surface area (Å²) in [5.41, 5.74) is 1.94. The van der Waals surface area contributed by atoms with Crippen molar-refractivity contribution in [1.29, 1.82) is 0 Å². The maximum Gasteiger partial charge on any atom is 0.348 e. The molecule has 0 spiro atoms. The first-order valence-corrected chi connectivity index (χ1v) is 12.5.